The number of carboxylic acid groups (broad SMARTS) is 1. The zero-order chi connectivity index (χ0) is 16.9. The van der Waals surface area contributed by atoms with Crippen LogP contribution in [0, 0.1) is 0 Å². The van der Waals surface area contributed by atoms with Crippen molar-refractivity contribution in [2.75, 3.05) is 43.1 Å². The molecular formula is C15H18N4O4S. The minimum absolute atomic E-state index is 0.0884. The molecule has 2 amide bonds. The molecule has 8 nitrogen and oxygen atoms in total. The molecule has 9 heteroatoms. The predicted molar refractivity (Wildman–Crippen MR) is 91.9 cm³/mol. The average molecular weight is 350 g/mol. The number of hydrogen-bond donors (Lipinski definition) is 3. The molecule has 3 N–H and O–H groups in total. The highest BCUT2D eigenvalue weighted by Gasteiger charge is 2.15. The standard InChI is InChI=1S/C15H18N4O4S/c20-13(21)3-4-16-14(22)17-10-1-2-11-12(9-10)24-15(18-11)19-5-7-23-8-6-19/h1-2,9H,3-8H2,(H,20,21)(H2,16,17,22). The second kappa shape index (κ2) is 7.45. The lowest BCUT2D eigenvalue weighted by molar-refractivity contribution is -0.136. The van der Waals surface area contributed by atoms with E-state index in [0.717, 1.165) is 28.4 Å². The summed E-state index contributed by atoms with van der Waals surface area (Å²) in [6.07, 6.45) is -0.107. The number of benzene rings is 1. The van der Waals surface area contributed by atoms with E-state index in [0.29, 0.717) is 18.9 Å². The Balaban J connectivity index is 1.64. The number of aromatic nitrogens is 1. The number of carbonyl (C=O) groups is 2. The molecule has 0 saturated carbocycles. The number of fused-ring (bicyclic) bond motifs is 1. The van der Waals surface area contributed by atoms with Crippen LogP contribution >= 0.6 is 11.3 Å². The number of thiazole rings is 1. The van der Waals surface area contributed by atoms with E-state index in [9.17, 15) is 9.59 Å². The first-order chi connectivity index (χ1) is 11.6. The highest BCUT2D eigenvalue weighted by Crippen LogP contribution is 2.31. The first-order valence-electron chi connectivity index (χ1n) is 7.62. The van der Waals surface area contributed by atoms with Gasteiger partial charge in [0.25, 0.3) is 0 Å². The fraction of sp³-hybridized carbons (Fsp3) is 0.400. The maximum absolute atomic E-state index is 11.7. The molecule has 1 aromatic heterocycles. The van der Waals surface area contributed by atoms with Crippen molar-refractivity contribution in [1.82, 2.24) is 10.3 Å². The average Bonchev–Trinajstić information content (AvgIpc) is 2.98. The van der Waals surface area contributed by atoms with Gasteiger partial charge in [-0.3, -0.25) is 4.79 Å². The minimum Gasteiger partial charge on any atom is -0.481 e. The number of amides is 2. The zero-order valence-electron chi connectivity index (χ0n) is 12.9. The molecule has 3 rings (SSSR count). The normalized spacial score (nSPS) is 14.6. The van der Waals surface area contributed by atoms with Gasteiger partial charge in [0.1, 0.15) is 0 Å². The van der Waals surface area contributed by atoms with E-state index in [-0.39, 0.29) is 13.0 Å². The molecule has 24 heavy (non-hydrogen) atoms. The number of ether oxygens (including phenoxy) is 1. The van der Waals surface area contributed by atoms with E-state index < -0.39 is 12.0 Å². The lowest BCUT2D eigenvalue weighted by atomic mass is 10.3. The van der Waals surface area contributed by atoms with Crippen LogP contribution in [-0.2, 0) is 9.53 Å². The van der Waals surface area contributed by atoms with Crippen LogP contribution in [0.1, 0.15) is 6.42 Å². The summed E-state index contributed by atoms with van der Waals surface area (Å²) in [5.41, 5.74) is 1.53. The van der Waals surface area contributed by atoms with Gasteiger partial charge in [-0.2, -0.15) is 0 Å². The van der Waals surface area contributed by atoms with Gasteiger partial charge in [0, 0.05) is 25.3 Å². The fourth-order valence-electron chi connectivity index (χ4n) is 2.34. The molecule has 0 spiro atoms. The second-order valence-electron chi connectivity index (χ2n) is 5.30. The Morgan fingerprint density at radius 3 is 2.88 bits per heavy atom. The molecule has 1 saturated heterocycles. The number of nitrogens with zero attached hydrogens (tertiary/aromatic N) is 2. The number of morpholine rings is 1. The van der Waals surface area contributed by atoms with Gasteiger partial charge in [0.05, 0.1) is 29.9 Å². The number of hydrogen-bond acceptors (Lipinski definition) is 6. The molecule has 1 aromatic carbocycles. The Labute approximate surface area is 142 Å². The van der Waals surface area contributed by atoms with E-state index in [1.807, 2.05) is 12.1 Å². The van der Waals surface area contributed by atoms with Crippen LogP contribution in [0.25, 0.3) is 10.2 Å². The summed E-state index contributed by atoms with van der Waals surface area (Å²) in [6, 6.07) is 5.09. The molecular weight excluding hydrogens is 332 g/mol. The van der Waals surface area contributed by atoms with Crippen molar-refractivity contribution in [2.45, 2.75) is 6.42 Å². The minimum atomic E-state index is -0.947. The van der Waals surface area contributed by atoms with Gasteiger partial charge >= 0.3 is 12.0 Å². The summed E-state index contributed by atoms with van der Waals surface area (Å²) in [6.45, 7) is 3.16. The van der Waals surface area contributed by atoms with Gasteiger partial charge in [-0.25, -0.2) is 9.78 Å². The quantitative estimate of drug-likeness (QED) is 0.759. The van der Waals surface area contributed by atoms with Crippen molar-refractivity contribution >= 4 is 44.4 Å². The Kier molecular flexibility index (Phi) is 5.11. The monoisotopic (exact) mass is 350 g/mol. The number of rotatable bonds is 5. The molecule has 0 atom stereocenters. The second-order valence-corrected chi connectivity index (χ2v) is 6.31. The van der Waals surface area contributed by atoms with Crippen molar-refractivity contribution in [1.29, 1.82) is 0 Å². The fourth-order valence-corrected chi connectivity index (χ4v) is 3.39. The smallest absolute Gasteiger partial charge is 0.319 e. The van der Waals surface area contributed by atoms with Crippen LogP contribution in [0.3, 0.4) is 0 Å². The van der Waals surface area contributed by atoms with E-state index in [1.54, 1.807) is 17.4 Å². The lowest BCUT2D eigenvalue weighted by Gasteiger charge is -2.25. The van der Waals surface area contributed by atoms with Crippen molar-refractivity contribution < 1.29 is 19.4 Å². The van der Waals surface area contributed by atoms with Crippen LogP contribution in [0.4, 0.5) is 15.6 Å². The third kappa shape index (κ3) is 4.12. The third-order valence-electron chi connectivity index (χ3n) is 3.54. The molecule has 2 heterocycles. The largest absolute Gasteiger partial charge is 0.481 e. The van der Waals surface area contributed by atoms with Crippen molar-refractivity contribution in [2.24, 2.45) is 0 Å². The molecule has 1 aliphatic heterocycles. The van der Waals surface area contributed by atoms with Gasteiger partial charge < -0.3 is 25.4 Å². The summed E-state index contributed by atoms with van der Waals surface area (Å²) in [5.74, 6) is -0.947. The summed E-state index contributed by atoms with van der Waals surface area (Å²) in [5, 5.41) is 14.7. The molecule has 0 aliphatic carbocycles. The molecule has 0 radical (unpaired) electrons. The molecule has 128 valence electrons. The Morgan fingerprint density at radius 1 is 1.33 bits per heavy atom. The number of carbonyl (C=O) groups excluding carboxylic acids is 1. The zero-order valence-corrected chi connectivity index (χ0v) is 13.8. The van der Waals surface area contributed by atoms with Crippen molar-refractivity contribution in [3.63, 3.8) is 0 Å². The highest BCUT2D eigenvalue weighted by molar-refractivity contribution is 7.22. The van der Waals surface area contributed by atoms with Gasteiger partial charge in [0.2, 0.25) is 0 Å². The van der Waals surface area contributed by atoms with E-state index in [1.165, 1.54) is 0 Å². The van der Waals surface area contributed by atoms with Gasteiger partial charge in [-0.1, -0.05) is 11.3 Å². The van der Waals surface area contributed by atoms with Gasteiger partial charge in [-0.15, -0.1) is 0 Å². The third-order valence-corrected chi connectivity index (χ3v) is 4.62. The molecule has 1 fully saturated rings. The van der Waals surface area contributed by atoms with Gasteiger partial charge in [-0.05, 0) is 18.2 Å². The van der Waals surface area contributed by atoms with E-state index >= 15 is 0 Å². The molecule has 0 bridgehead atoms. The molecule has 1 aliphatic rings. The number of anilines is 2. The topological polar surface area (TPSA) is 104 Å². The highest BCUT2D eigenvalue weighted by atomic mass is 32.1. The van der Waals surface area contributed by atoms with Crippen LogP contribution in [0.5, 0.6) is 0 Å². The maximum atomic E-state index is 11.7. The molecule has 0 unspecified atom stereocenters. The summed E-state index contributed by atoms with van der Waals surface area (Å²) >= 11 is 1.58. The first kappa shape index (κ1) is 16.5. The van der Waals surface area contributed by atoms with Crippen LogP contribution in [0.15, 0.2) is 18.2 Å². The van der Waals surface area contributed by atoms with E-state index in [4.69, 9.17) is 9.84 Å². The number of urea groups is 1. The van der Waals surface area contributed by atoms with Crippen molar-refractivity contribution in [3.8, 4) is 0 Å². The Morgan fingerprint density at radius 2 is 2.12 bits per heavy atom. The summed E-state index contributed by atoms with van der Waals surface area (Å²) < 4.78 is 6.34. The number of carboxylic acids is 1. The Bertz CT molecular complexity index is 742. The summed E-state index contributed by atoms with van der Waals surface area (Å²) in [4.78, 5) is 29.0. The first-order valence-corrected chi connectivity index (χ1v) is 8.43. The van der Waals surface area contributed by atoms with Gasteiger partial charge in [0.15, 0.2) is 5.13 Å². The summed E-state index contributed by atoms with van der Waals surface area (Å²) in [7, 11) is 0. The SMILES string of the molecule is O=C(O)CCNC(=O)Nc1ccc2nc(N3CCOCC3)sc2c1. The van der Waals surface area contributed by atoms with Crippen LogP contribution < -0.4 is 15.5 Å². The van der Waals surface area contributed by atoms with E-state index in [2.05, 4.69) is 20.5 Å². The van der Waals surface area contributed by atoms with Crippen LogP contribution in [-0.4, -0.2) is 54.9 Å². The van der Waals surface area contributed by atoms with Crippen molar-refractivity contribution in [3.05, 3.63) is 18.2 Å². The van der Waals surface area contributed by atoms with Crippen LogP contribution in [0.2, 0.25) is 0 Å². The predicted octanol–water partition coefficient (Wildman–Crippen LogP) is 1.73. The maximum Gasteiger partial charge on any atom is 0.319 e. The Hall–Kier alpha value is -2.39. The number of aliphatic carboxylic acids is 1. The molecule has 2 aromatic rings. The number of nitrogens with one attached hydrogen (secondary N) is 2. The lowest BCUT2D eigenvalue weighted by Crippen LogP contribution is -2.36.